The average Bonchev–Trinajstić information content (AvgIpc) is 3.74. The van der Waals surface area contributed by atoms with E-state index in [4.69, 9.17) is 25.5 Å². The largest absolute Gasteiger partial charge is 0.494 e. The smallest absolute Gasteiger partial charge is 0.273 e. The van der Waals surface area contributed by atoms with Crippen LogP contribution in [-0.2, 0) is 11.6 Å². The van der Waals surface area contributed by atoms with Gasteiger partial charge in [-0.15, -0.1) is 10.2 Å². The fourth-order valence-electron chi connectivity index (χ4n) is 4.40. The molecule has 3 aromatic rings. The summed E-state index contributed by atoms with van der Waals surface area (Å²) >= 11 is 6.02. The molecule has 0 radical (unpaired) electrons. The van der Waals surface area contributed by atoms with E-state index in [0.717, 1.165) is 31.1 Å². The number of halogens is 1. The maximum Gasteiger partial charge on any atom is 0.273 e. The third kappa shape index (κ3) is 3.97. The number of ether oxygens (including phenoxy) is 1. The number of hydrogen-bond acceptors (Lipinski definition) is 7. The fraction of sp³-hybridized carbons (Fsp3) is 0.391. The minimum Gasteiger partial charge on any atom is -0.494 e. The predicted octanol–water partition coefficient (Wildman–Crippen LogP) is 3.96. The zero-order valence-corrected chi connectivity index (χ0v) is 20.4. The van der Waals surface area contributed by atoms with E-state index in [-0.39, 0.29) is 27.9 Å². The first-order valence-corrected chi connectivity index (χ1v) is 13.2. The Labute approximate surface area is 206 Å². The minimum atomic E-state index is -2.70. The zero-order chi connectivity index (χ0) is 26.5. The number of methoxy groups -OCH3 is 1. The maximum atomic E-state index is 14.1. The van der Waals surface area contributed by atoms with Crippen molar-refractivity contribution in [2.75, 3.05) is 19.4 Å². The molecule has 2 saturated carbocycles. The van der Waals surface area contributed by atoms with Crippen LogP contribution in [0.2, 0.25) is 5.15 Å². The number of rotatable bonds is 8. The lowest BCUT2D eigenvalue weighted by Gasteiger charge is -2.17. The van der Waals surface area contributed by atoms with Crippen LogP contribution >= 0.6 is 18.7 Å². The summed E-state index contributed by atoms with van der Waals surface area (Å²) in [5.74, 6) is -0.512. The molecule has 9 nitrogen and oxygen atoms in total. The van der Waals surface area contributed by atoms with Crippen LogP contribution in [0.4, 0.5) is 11.4 Å². The molecule has 1 amide bonds. The summed E-state index contributed by atoms with van der Waals surface area (Å²) < 4.78 is 43.5. The van der Waals surface area contributed by atoms with Crippen molar-refractivity contribution in [2.24, 2.45) is 7.05 Å². The van der Waals surface area contributed by atoms with E-state index in [1.807, 2.05) is 24.5 Å². The molecule has 2 N–H and O–H groups in total. The molecule has 2 heterocycles. The first-order chi connectivity index (χ1) is 17.5. The van der Waals surface area contributed by atoms with Crippen LogP contribution in [0.15, 0.2) is 30.3 Å². The lowest BCUT2D eigenvalue weighted by Crippen LogP contribution is -2.21. The summed E-state index contributed by atoms with van der Waals surface area (Å²) in [5, 5.41) is 17.1. The number of carbonyl (C=O) groups excluding carboxylic acids is 1. The van der Waals surface area contributed by atoms with Gasteiger partial charge < -0.3 is 19.9 Å². The van der Waals surface area contributed by atoms with Crippen LogP contribution < -0.4 is 20.8 Å². The molecule has 34 heavy (non-hydrogen) atoms. The molecule has 11 heteroatoms. The van der Waals surface area contributed by atoms with Gasteiger partial charge in [0.25, 0.3) is 5.91 Å². The molecule has 178 valence electrons. The molecule has 0 saturated heterocycles. The van der Waals surface area contributed by atoms with Crippen LogP contribution in [0.1, 0.15) is 40.3 Å². The van der Waals surface area contributed by atoms with E-state index in [1.165, 1.54) is 13.2 Å². The molecule has 0 aliphatic heterocycles. The highest BCUT2D eigenvalue weighted by molar-refractivity contribution is 7.73. The van der Waals surface area contributed by atoms with E-state index < -0.39 is 20.0 Å². The van der Waals surface area contributed by atoms with Crippen molar-refractivity contribution in [3.63, 3.8) is 0 Å². The Morgan fingerprint density at radius 3 is 2.59 bits per heavy atom. The van der Waals surface area contributed by atoms with Crippen LogP contribution in [0, 0.1) is 0 Å². The normalized spacial score (nSPS) is 17.4. The summed E-state index contributed by atoms with van der Waals surface area (Å²) in [7, 11) is 0.794. The number of nitrogens with zero attached hydrogens (tertiary/aromatic N) is 4. The van der Waals surface area contributed by atoms with Gasteiger partial charge in [-0.3, -0.25) is 9.48 Å². The average molecular weight is 504 g/mol. The van der Waals surface area contributed by atoms with Gasteiger partial charge in [-0.05, 0) is 43.9 Å². The quantitative estimate of drug-likeness (QED) is 0.448. The van der Waals surface area contributed by atoms with E-state index in [1.54, 1.807) is 16.8 Å². The van der Waals surface area contributed by atoms with Crippen molar-refractivity contribution in [3.8, 4) is 17.0 Å². The number of nitrogens with one attached hydrogen (secondary N) is 2. The highest BCUT2D eigenvalue weighted by Crippen LogP contribution is 2.69. The van der Waals surface area contributed by atoms with Crippen LogP contribution in [0.3, 0.4) is 0 Å². The molecule has 5 rings (SSSR count). The van der Waals surface area contributed by atoms with Gasteiger partial charge in [-0.1, -0.05) is 17.7 Å². The zero-order valence-electron chi connectivity index (χ0n) is 21.7. The SMILES string of the molecule is [2H]C([2H])([2H])NC(=O)c1nnc(Cl)cc1Nc1cccc(-c2cc(P(=O)(C3CC3)C3CC3)n(C)n2)c1OC. The number of benzene rings is 1. The lowest BCUT2D eigenvalue weighted by molar-refractivity contribution is 0.0958. The second kappa shape index (κ2) is 8.71. The molecule has 0 unspecified atom stereocenters. The Kier molecular flexibility index (Phi) is 4.97. The van der Waals surface area contributed by atoms with E-state index in [0.29, 0.717) is 22.7 Å². The van der Waals surface area contributed by atoms with Gasteiger partial charge in [0.05, 0.1) is 29.6 Å². The number of aryl methyl sites for hydroxylation is 1. The van der Waals surface area contributed by atoms with Gasteiger partial charge >= 0.3 is 0 Å². The predicted molar refractivity (Wildman–Crippen MR) is 132 cm³/mol. The highest BCUT2D eigenvalue weighted by atomic mass is 35.5. The first-order valence-electron chi connectivity index (χ1n) is 12.5. The number of aromatic nitrogens is 4. The van der Waals surface area contributed by atoms with Gasteiger partial charge in [-0.2, -0.15) is 5.10 Å². The lowest BCUT2D eigenvalue weighted by atomic mass is 10.1. The van der Waals surface area contributed by atoms with Gasteiger partial charge in [0.2, 0.25) is 0 Å². The minimum absolute atomic E-state index is 0.00771. The van der Waals surface area contributed by atoms with Crippen LogP contribution in [-0.4, -0.2) is 51.3 Å². The molecule has 0 bridgehead atoms. The molecule has 2 fully saturated rings. The van der Waals surface area contributed by atoms with Gasteiger partial charge in [0.15, 0.2) is 16.6 Å². The van der Waals surface area contributed by atoms with Gasteiger partial charge in [0, 0.05) is 41.1 Å². The maximum absolute atomic E-state index is 14.1. The Morgan fingerprint density at radius 1 is 1.21 bits per heavy atom. The topological polar surface area (TPSA) is 111 Å². The molecule has 2 aliphatic carbocycles. The second-order valence-corrected chi connectivity index (χ2v) is 12.3. The fourth-order valence-corrected chi connectivity index (χ4v) is 8.54. The van der Waals surface area contributed by atoms with Crippen molar-refractivity contribution < 1.29 is 18.2 Å². The van der Waals surface area contributed by atoms with Crippen molar-refractivity contribution in [1.29, 1.82) is 0 Å². The summed E-state index contributed by atoms with van der Waals surface area (Å²) in [4.78, 5) is 12.6. The van der Waals surface area contributed by atoms with Gasteiger partial charge in [-0.25, -0.2) is 0 Å². The Balaban J connectivity index is 1.52. The number of carbonyl (C=O) groups is 1. The van der Waals surface area contributed by atoms with Crippen molar-refractivity contribution in [3.05, 3.63) is 41.2 Å². The Bertz CT molecular complexity index is 1410. The number of hydrogen-bond donors (Lipinski definition) is 2. The standard InChI is InChI=1S/C23H26ClN6O3P/c1-25-23(31)21-18(11-19(24)27-28-21)26-16-6-4-5-15(22(16)33-3)17-12-20(30(2)29-17)34(32,13-7-8-13)14-9-10-14/h4-6,11-14H,7-10H2,1-3H3,(H,25,31)(H,26,27)/i1D3. The van der Waals surface area contributed by atoms with Gasteiger partial charge in [0.1, 0.15) is 7.14 Å². The summed E-state index contributed by atoms with van der Waals surface area (Å²) in [6.07, 6.45) is 3.99. The third-order valence-corrected chi connectivity index (χ3v) is 10.8. The summed E-state index contributed by atoms with van der Waals surface area (Å²) in [6.45, 7) is -2.70. The second-order valence-electron chi connectivity index (χ2n) is 8.58. The molecule has 1 aromatic carbocycles. The monoisotopic (exact) mass is 503 g/mol. The molecule has 0 atom stereocenters. The summed E-state index contributed by atoms with van der Waals surface area (Å²) in [6, 6.07) is 8.63. The summed E-state index contributed by atoms with van der Waals surface area (Å²) in [5.41, 5.74) is 2.94. The van der Waals surface area contributed by atoms with E-state index in [2.05, 4.69) is 15.5 Å². The van der Waals surface area contributed by atoms with Crippen molar-refractivity contribution in [1.82, 2.24) is 25.3 Å². The number of anilines is 2. The molecule has 0 spiro atoms. The number of para-hydroxylation sites is 1. The van der Waals surface area contributed by atoms with Crippen LogP contribution in [0.5, 0.6) is 5.75 Å². The molecular weight excluding hydrogens is 475 g/mol. The Hall–Kier alpha value is -2.90. The van der Waals surface area contributed by atoms with Crippen molar-refractivity contribution >= 4 is 41.5 Å². The van der Waals surface area contributed by atoms with Crippen molar-refractivity contribution in [2.45, 2.75) is 37.0 Å². The first kappa shape index (κ1) is 19.4. The number of amides is 1. The highest BCUT2D eigenvalue weighted by Gasteiger charge is 2.53. The van der Waals surface area contributed by atoms with E-state index >= 15 is 0 Å². The van der Waals surface area contributed by atoms with E-state index in [9.17, 15) is 9.36 Å². The Morgan fingerprint density at radius 2 is 1.94 bits per heavy atom. The molecular formula is C23H26ClN6O3P. The van der Waals surface area contributed by atoms with Crippen LogP contribution in [0.25, 0.3) is 11.3 Å². The third-order valence-electron chi connectivity index (χ3n) is 6.25. The molecule has 2 aliphatic rings. The molecule has 2 aromatic heterocycles.